The fourth-order valence-electron chi connectivity index (χ4n) is 4.10. The molecule has 0 unspecified atom stereocenters. The molecule has 5 rings (SSSR count). The maximum Gasteiger partial charge on any atom is 0.246 e. The summed E-state index contributed by atoms with van der Waals surface area (Å²) in [6.07, 6.45) is 4.49. The van der Waals surface area contributed by atoms with Gasteiger partial charge in [0.1, 0.15) is 12.4 Å². The number of aromatic nitrogens is 2. The van der Waals surface area contributed by atoms with Crippen molar-refractivity contribution in [1.82, 2.24) is 20.2 Å². The van der Waals surface area contributed by atoms with Gasteiger partial charge >= 0.3 is 0 Å². The van der Waals surface area contributed by atoms with Crippen molar-refractivity contribution in [1.29, 1.82) is 0 Å². The number of benzene rings is 2. The van der Waals surface area contributed by atoms with Gasteiger partial charge in [0, 0.05) is 23.7 Å². The molecular weight excluding hydrogens is 414 g/mol. The highest BCUT2D eigenvalue weighted by Gasteiger charge is 2.33. The third-order valence-corrected chi connectivity index (χ3v) is 5.75. The molecule has 7 heteroatoms. The number of allylic oxidation sites excluding steroid dienone is 1. The van der Waals surface area contributed by atoms with Crippen molar-refractivity contribution in [2.45, 2.75) is 20.0 Å². The van der Waals surface area contributed by atoms with Gasteiger partial charge in [-0.3, -0.25) is 4.79 Å². The third-order valence-electron chi connectivity index (χ3n) is 5.75. The molecule has 166 valence electrons. The molecule has 0 fully saturated rings. The van der Waals surface area contributed by atoms with Gasteiger partial charge in [0.05, 0.1) is 24.5 Å². The van der Waals surface area contributed by atoms with E-state index < -0.39 is 0 Å². The Bertz CT molecular complexity index is 1220. The maximum atomic E-state index is 12.3. The molecule has 33 heavy (non-hydrogen) atoms. The van der Waals surface area contributed by atoms with Crippen LogP contribution in [0.4, 0.5) is 11.6 Å². The molecule has 2 N–H and O–H groups in total. The molecule has 0 aliphatic carbocycles. The van der Waals surface area contributed by atoms with Crippen LogP contribution in [0.2, 0.25) is 0 Å². The summed E-state index contributed by atoms with van der Waals surface area (Å²) in [4.78, 5) is 23.3. The first-order valence-electron chi connectivity index (χ1n) is 11.0. The second kappa shape index (κ2) is 9.16. The molecule has 2 aromatic carbocycles. The molecule has 3 heterocycles. The summed E-state index contributed by atoms with van der Waals surface area (Å²) in [5, 5.41) is 6.33. The van der Waals surface area contributed by atoms with Crippen LogP contribution in [0.15, 0.2) is 84.3 Å². The van der Waals surface area contributed by atoms with Crippen molar-refractivity contribution in [3.63, 3.8) is 0 Å². The standard InChI is InChI=1S/C26H25N5O2/c1-2-21-22(16-31-24(21)14-27-15-25(31)32)23-12-13-28-26(30-23)29-19-8-10-20(11-9-19)33-17-18-6-4-3-5-7-18/h3-14,27H,2,15-17H2,1H3,(H,28,29,30). The Morgan fingerprint density at radius 1 is 1.09 bits per heavy atom. The smallest absolute Gasteiger partial charge is 0.246 e. The van der Waals surface area contributed by atoms with Gasteiger partial charge in [0.25, 0.3) is 0 Å². The Hall–Kier alpha value is -4.13. The summed E-state index contributed by atoms with van der Waals surface area (Å²) in [7, 11) is 0. The average Bonchev–Trinajstić information content (AvgIpc) is 3.25. The molecule has 0 saturated carbocycles. The largest absolute Gasteiger partial charge is 0.489 e. The summed E-state index contributed by atoms with van der Waals surface area (Å²) >= 11 is 0. The number of hydrogen-bond donors (Lipinski definition) is 2. The number of nitrogens with one attached hydrogen (secondary N) is 2. The van der Waals surface area contributed by atoms with Crippen molar-refractivity contribution >= 4 is 23.1 Å². The van der Waals surface area contributed by atoms with Gasteiger partial charge in [-0.25, -0.2) is 9.97 Å². The van der Waals surface area contributed by atoms with Crippen LogP contribution in [-0.2, 0) is 11.4 Å². The van der Waals surface area contributed by atoms with Gasteiger partial charge in [-0.15, -0.1) is 0 Å². The lowest BCUT2D eigenvalue weighted by Gasteiger charge is -2.24. The highest BCUT2D eigenvalue weighted by molar-refractivity contribution is 5.89. The zero-order valence-electron chi connectivity index (χ0n) is 18.4. The van der Waals surface area contributed by atoms with Crippen molar-refractivity contribution < 1.29 is 9.53 Å². The molecule has 0 atom stereocenters. The third kappa shape index (κ3) is 4.43. The number of anilines is 2. The van der Waals surface area contributed by atoms with E-state index in [0.717, 1.165) is 46.0 Å². The quantitative estimate of drug-likeness (QED) is 0.573. The number of carbonyl (C=O) groups is 1. The molecule has 2 aliphatic rings. The lowest BCUT2D eigenvalue weighted by atomic mass is 10.0. The van der Waals surface area contributed by atoms with Gasteiger partial charge in [-0.05, 0) is 47.9 Å². The first-order valence-corrected chi connectivity index (χ1v) is 11.0. The SMILES string of the molecule is CCC1=C(c2ccnc(Nc3ccc(OCc4ccccc4)cc3)n2)CN2C(=O)CNC=C12. The van der Waals surface area contributed by atoms with Gasteiger partial charge in [-0.1, -0.05) is 37.3 Å². The lowest BCUT2D eigenvalue weighted by molar-refractivity contribution is -0.127. The van der Waals surface area contributed by atoms with E-state index >= 15 is 0 Å². The van der Waals surface area contributed by atoms with Crippen LogP contribution in [0, 0.1) is 0 Å². The number of fused-ring (bicyclic) bond motifs is 1. The Balaban J connectivity index is 1.29. The number of hydrogen-bond acceptors (Lipinski definition) is 6. The topological polar surface area (TPSA) is 79.4 Å². The van der Waals surface area contributed by atoms with Gasteiger partial charge in [-0.2, -0.15) is 0 Å². The molecule has 1 aromatic heterocycles. The minimum Gasteiger partial charge on any atom is -0.489 e. The van der Waals surface area contributed by atoms with Gasteiger partial charge < -0.3 is 20.3 Å². The molecular formula is C26H25N5O2. The molecule has 1 amide bonds. The van der Waals surface area contributed by atoms with E-state index in [9.17, 15) is 4.79 Å². The minimum atomic E-state index is 0.0791. The van der Waals surface area contributed by atoms with E-state index in [4.69, 9.17) is 9.72 Å². The van der Waals surface area contributed by atoms with Crippen LogP contribution in [-0.4, -0.2) is 33.9 Å². The van der Waals surface area contributed by atoms with E-state index in [0.29, 0.717) is 25.6 Å². The van der Waals surface area contributed by atoms with Crippen molar-refractivity contribution in [3.8, 4) is 5.75 Å². The second-order valence-corrected chi connectivity index (χ2v) is 7.89. The molecule has 2 aliphatic heterocycles. The molecule has 0 radical (unpaired) electrons. The van der Waals surface area contributed by atoms with Crippen LogP contribution in [0.25, 0.3) is 5.57 Å². The van der Waals surface area contributed by atoms with Crippen LogP contribution < -0.4 is 15.4 Å². The predicted octanol–water partition coefficient (Wildman–Crippen LogP) is 4.25. The first-order chi connectivity index (χ1) is 16.2. The van der Waals surface area contributed by atoms with Crippen LogP contribution in [0.3, 0.4) is 0 Å². The Morgan fingerprint density at radius 3 is 2.70 bits per heavy atom. The van der Waals surface area contributed by atoms with E-state index in [2.05, 4.69) is 22.5 Å². The minimum absolute atomic E-state index is 0.0791. The van der Waals surface area contributed by atoms with Gasteiger partial charge in [0.15, 0.2) is 0 Å². The summed E-state index contributed by atoms with van der Waals surface area (Å²) < 4.78 is 5.86. The molecule has 0 bridgehead atoms. The summed E-state index contributed by atoms with van der Waals surface area (Å²) in [5.41, 5.74) is 5.98. The first kappa shape index (κ1) is 20.8. The highest BCUT2D eigenvalue weighted by Crippen LogP contribution is 2.36. The maximum absolute atomic E-state index is 12.3. The lowest BCUT2D eigenvalue weighted by Crippen LogP contribution is -2.39. The zero-order chi connectivity index (χ0) is 22.6. The van der Waals surface area contributed by atoms with E-state index in [-0.39, 0.29) is 5.91 Å². The predicted molar refractivity (Wildman–Crippen MR) is 128 cm³/mol. The summed E-state index contributed by atoms with van der Waals surface area (Å²) in [6, 6.07) is 19.7. The van der Waals surface area contributed by atoms with Crippen LogP contribution in [0.1, 0.15) is 24.6 Å². The highest BCUT2D eigenvalue weighted by atomic mass is 16.5. The van der Waals surface area contributed by atoms with Crippen LogP contribution >= 0.6 is 0 Å². The molecule has 0 spiro atoms. The molecule has 7 nitrogen and oxygen atoms in total. The van der Waals surface area contributed by atoms with Gasteiger partial charge in [0.2, 0.25) is 11.9 Å². The fourth-order valence-corrected chi connectivity index (χ4v) is 4.10. The van der Waals surface area contributed by atoms with Crippen molar-refractivity contribution in [3.05, 3.63) is 95.6 Å². The monoisotopic (exact) mass is 439 g/mol. The van der Waals surface area contributed by atoms with Crippen molar-refractivity contribution in [2.24, 2.45) is 0 Å². The average molecular weight is 440 g/mol. The number of carbonyl (C=O) groups excluding carboxylic acids is 1. The Morgan fingerprint density at radius 2 is 1.91 bits per heavy atom. The fraction of sp³-hybridized carbons (Fsp3) is 0.192. The number of rotatable bonds is 7. The Labute approximate surface area is 192 Å². The zero-order valence-corrected chi connectivity index (χ0v) is 18.4. The molecule has 3 aromatic rings. The van der Waals surface area contributed by atoms with E-state index in [1.807, 2.05) is 71.8 Å². The normalized spacial score (nSPS) is 15.1. The second-order valence-electron chi connectivity index (χ2n) is 7.89. The van der Waals surface area contributed by atoms with E-state index in [1.54, 1.807) is 6.20 Å². The summed E-state index contributed by atoms with van der Waals surface area (Å²) in [6.45, 7) is 3.49. The Kier molecular flexibility index (Phi) is 5.76. The summed E-state index contributed by atoms with van der Waals surface area (Å²) in [5.74, 6) is 1.39. The van der Waals surface area contributed by atoms with E-state index in [1.165, 1.54) is 0 Å². The molecule has 0 saturated heterocycles. The van der Waals surface area contributed by atoms with Crippen LogP contribution in [0.5, 0.6) is 5.75 Å². The number of ether oxygens (including phenoxy) is 1. The number of amides is 1. The van der Waals surface area contributed by atoms with Crippen molar-refractivity contribution in [2.75, 3.05) is 18.4 Å². The number of nitrogens with zero attached hydrogens (tertiary/aromatic N) is 3.